The molecule has 1 aromatic carbocycles. The standard InChI is InChI=1S/C14H16Cl2N2O/c1-2-5-17-6-8-18(9-7-17)14(19)12-4-3-11(15)10-13(12)16/h2-4,10H,1,5-9H2. The first-order valence-electron chi connectivity index (χ1n) is 6.19. The van der Waals surface area contributed by atoms with E-state index in [-0.39, 0.29) is 5.91 Å². The van der Waals surface area contributed by atoms with Crippen LogP contribution in [0.25, 0.3) is 0 Å². The molecule has 1 heterocycles. The minimum absolute atomic E-state index is 0.0279. The Hall–Kier alpha value is -1.03. The van der Waals surface area contributed by atoms with Crippen LogP contribution in [0.2, 0.25) is 10.0 Å². The molecular weight excluding hydrogens is 283 g/mol. The molecule has 0 saturated carbocycles. The molecule has 3 nitrogen and oxygen atoms in total. The molecule has 1 aliphatic rings. The molecule has 0 aliphatic carbocycles. The number of piperazine rings is 1. The first-order chi connectivity index (χ1) is 9.11. The van der Waals surface area contributed by atoms with Crippen molar-refractivity contribution in [3.63, 3.8) is 0 Å². The average molecular weight is 299 g/mol. The van der Waals surface area contributed by atoms with Crippen molar-refractivity contribution in [3.05, 3.63) is 46.5 Å². The molecule has 1 aliphatic heterocycles. The van der Waals surface area contributed by atoms with E-state index in [0.717, 1.165) is 19.6 Å². The van der Waals surface area contributed by atoms with E-state index in [1.54, 1.807) is 18.2 Å². The molecule has 0 spiro atoms. The molecule has 0 unspecified atom stereocenters. The van der Waals surface area contributed by atoms with E-state index < -0.39 is 0 Å². The fourth-order valence-electron chi connectivity index (χ4n) is 2.15. The van der Waals surface area contributed by atoms with Gasteiger partial charge in [-0.25, -0.2) is 0 Å². The van der Waals surface area contributed by atoms with Crippen molar-refractivity contribution in [2.75, 3.05) is 32.7 Å². The first kappa shape index (κ1) is 14.4. The zero-order chi connectivity index (χ0) is 13.8. The van der Waals surface area contributed by atoms with Crippen LogP contribution in [0, 0.1) is 0 Å². The Morgan fingerprint density at radius 3 is 2.53 bits per heavy atom. The van der Waals surface area contributed by atoms with Gasteiger partial charge in [0, 0.05) is 37.7 Å². The van der Waals surface area contributed by atoms with Crippen molar-refractivity contribution in [2.24, 2.45) is 0 Å². The molecule has 1 saturated heterocycles. The van der Waals surface area contributed by atoms with E-state index >= 15 is 0 Å². The Bertz CT molecular complexity index is 482. The lowest BCUT2D eigenvalue weighted by molar-refractivity contribution is 0.0650. The van der Waals surface area contributed by atoms with Crippen LogP contribution in [0.15, 0.2) is 30.9 Å². The molecule has 2 rings (SSSR count). The van der Waals surface area contributed by atoms with E-state index in [2.05, 4.69) is 11.5 Å². The Labute approximate surface area is 123 Å². The number of amides is 1. The molecular formula is C14H16Cl2N2O. The maximum atomic E-state index is 12.4. The normalized spacial score (nSPS) is 16.4. The van der Waals surface area contributed by atoms with Crippen molar-refractivity contribution in [1.29, 1.82) is 0 Å². The van der Waals surface area contributed by atoms with E-state index in [9.17, 15) is 4.79 Å². The monoisotopic (exact) mass is 298 g/mol. The van der Waals surface area contributed by atoms with Gasteiger partial charge in [-0.15, -0.1) is 6.58 Å². The first-order valence-corrected chi connectivity index (χ1v) is 6.95. The van der Waals surface area contributed by atoms with Crippen molar-refractivity contribution < 1.29 is 4.79 Å². The Morgan fingerprint density at radius 1 is 1.26 bits per heavy atom. The quantitative estimate of drug-likeness (QED) is 0.801. The molecule has 1 fully saturated rings. The number of carbonyl (C=O) groups is 1. The van der Waals surface area contributed by atoms with Crippen LogP contribution in [-0.2, 0) is 0 Å². The number of nitrogens with zero attached hydrogens (tertiary/aromatic N) is 2. The summed E-state index contributed by atoms with van der Waals surface area (Å²) in [6.45, 7) is 7.74. The van der Waals surface area contributed by atoms with Crippen molar-refractivity contribution in [3.8, 4) is 0 Å². The molecule has 0 radical (unpaired) electrons. The number of halogens is 2. The van der Waals surface area contributed by atoms with Crippen molar-refractivity contribution >= 4 is 29.1 Å². The van der Waals surface area contributed by atoms with Gasteiger partial charge in [0.05, 0.1) is 10.6 Å². The second-order valence-electron chi connectivity index (χ2n) is 4.51. The molecule has 102 valence electrons. The lowest BCUT2D eigenvalue weighted by Crippen LogP contribution is -2.48. The number of carbonyl (C=O) groups excluding carboxylic acids is 1. The highest BCUT2D eigenvalue weighted by atomic mass is 35.5. The van der Waals surface area contributed by atoms with Gasteiger partial charge in [0.15, 0.2) is 0 Å². The maximum absolute atomic E-state index is 12.4. The number of hydrogen-bond donors (Lipinski definition) is 0. The lowest BCUT2D eigenvalue weighted by atomic mass is 10.2. The third-order valence-corrected chi connectivity index (χ3v) is 3.76. The van der Waals surface area contributed by atoms with Gasteiger partial charge in [-0.1, -0.05) is 29.3 Å². The summed E-state index contributed by atoms with van der Waals surface area (Å²) in [4.78, 5) is 16.4. The summed E-state index contributed by atoms with van der Waals surface area (Å²) in [5.74, 6) is -0.0279. The highest BCUT2D eigenvalue weighted by Crippen LogP contribution is 2.22. The molecule has 5 heteroatoms. The second kappa shape index (κ2) is 6.42. The van der Waals surface area contributed by atoms with Crippen LogP contribution < -0.4 is 0 Å². The minimum Gasteiger partial charge on any atom is -0.336 e. The average Bonchev–Trinajstić information content (AvgIpc) is 2.39. The zero-order valence-corrected chi connectivity index (χ0v) is 12.1. The molecule has 0 N–H and O–H groups in total. The molecule has 0 atom stereocenters. The third-order valence-electron chi connectivity index (χ3n) is 3.21. The zero-order valence-electron chi connectivity index (χ0n) is 10.6. The van der Waals surface area contributed by atoms with Gasteiger partial charge in [0.25, 0.3) is 5.91 Å². The van der Waals surface area contributed by atoms with Crippen LogP contribution in [0.5, 0.6) is 0 Å². The van der Waals surface area contributed by atoms with Gasteiger partial charge in [0.1, 0.15) is 0 Å². The summed E-state index contributed by atoms with van der Waals surface area (Å²) in [6, 6.07) is 4.97. The predicted octanol–water partition coefficient (Wildman–Crippen LogP) is 2.94. The van der Waals surface area contributed by atoms with Crippen LogP contribution in [0.3, 0.4) is 0 Å². The lowest BCUT2D eigenvalue weighted by Gasteiger charge is -2.34. The van der Waals surface area contributed by atoms with Gasteiger partial charge >= 0.3 is 0 Å². The molecule has 0 aromatic heterocycles. The summed E-state index contributed by atoms with van der Waals surface area (Å²) in [5.41, 5.74) is 0.517. The molecule has 1 aromatic rings. The fourth-order valence-corrected chi connectivity index (χ4v) is 2.64. The van der Waals surface area contributed by atoms with Gasteiger partial charge < -0.3 is 4.90 Å². The van der Waals surface area contributed by atoms with Gasteiger partial charge in [-0.2, -0.15) is 0 Å². The number of benzene rings is 1. The highest BCUT2D eigenvalue weighted by Gasteiger charge is 2.22. The Morgan fingerprint density at radius 2 is 1.95 bits per heavy atom. The predicted molar refractivity (Wildman–Crippen MR) is 79.0 cm³/mol. The number of rotatable bonds is 3. The maximum Gasteiger partial charge on any atom is 0.255 e. The summed E-state index contributed by atoms with van der Waals surface area (Å²) in [6.07, 6.45) is 1.88. The van der Waals surface area contributed by atoms with E-state index in [0.29, 0.717) is 28.7 Å². The summed E-state index contributed by atoms with van der Waals surface area (Å²) in [7, 11) is 0. The van der Waals surface area contributed by atoms with Crippen LogP contribution in [-0.4, -0.2) is 48.4 Å². The largest absolute Gasteiger partial charge is 0.336 e. The van der Waals surface area contributed by atoms with E-state index in [1.807, 2.05) is 11.0 Å². The molecule has 19 heavy (non-hydrogen) atoms. The molecule has 1 amide bonds. The SMILES string of the molecule is C=CCN1CCN(C(=O)c2ccc(Cl)cc2Cl)CC1. The van der Waals surface area contributed by atoms with Gasteiger partial charge in [0.2, 0.25) is 0 Å². The highest BCUT2D eigenvalue weighted by molar-refractivity contribution is 6.36. The van der Waals surface area contributed by atoms with Gasteiger partial charge in [-0.3, -0.25) is 9.69 Å². The van der Waals surface area contributed by atoms with Crippen LogP contribution >= 0.6 is 23.2 Å². The third kappa shape index (κ3) is 3.50. The number of hydrogen-bond acceptors (Lipinski definition) is 2. The van der Waals surface area contributed by atoms with Crippen LogP contribution in [0.4, 0.5) is 0 Å². The summed E-state index contributed by atoms with van der Waals surface area (Å²) < 4.78 is 0. The van der Waals surface area contributed by atoms with E-state index in [1.165, 1.54) is 0 Å². The topological polar surface area (TPSA) is 23.6 Å². The van der Waals surface area contributed by atoms with E-state index in [4.69, 9.17) is 23.2 Å². The Balaban J connectivity index is 2.03. The second-order valence-corrected chi connectivity index (χ2v) is 5.35. The van der Waals surface area contributed by atoms with Crippen molar-refractivity contribution in [1.82, 2.24) is 9.80 Å². The summed E-state index contributed by atoms with van der Waals surface area (Å²) in [5, 5.41) is 0.948. The fraction of sp³-hybridized carbons (Fsp3) is 0.357. The minimum atomic E-state index is -0.0279. The van der Waals surface area contributed by atoms with Gasteiger partial charge in [-0.05, 0) is 18.2 Å². The van der Waals surface area contributed by atoms with Crippen molar-refractivity contribution in [2.45, 2.75) is 0 Å². The summed E-state index contributed by atoms with van der Waals surface area (Å²) >= 11 is 11.9. The molecule has 0 bridgehead atoms. The van der Waals surface area contributed by atoms with Crippen LogP contribution in [0.1, 0.15) is 10.4 Å². The Kier molecular flexibility index (Phi) is 4.86. The smallest absolute Gasteiger partial charge is 0.255 e.